The van der Waals surface area contributed by atoms with Gasteiger partial charge in [-0.2, -0.15) is 0 Å². The molecule has 0 unspecified atom stereocenters. The molecule has 1 saturated heterocycles. The number of amides is 4. The molecule has 46 heavy (non-hydrogen) atoms. The van der Waals surface area contributed by atoms with Gasteiger partial charge >= 0.3 is 18.2 Å². The van der Waals surface area contributed by atoms with Gasteiger partial charge in [-0.05, 0) is 57.4 Å². The van der Waals surface area contributed by atoms with E-state index in [1.807, 2.05) is 0 Å². The second kappa shape index (κ2) is 13.1. The molecule has 0 spiro atoms. The molecular weight excluding hydrogens is 603 g/mol. The minimum absolute atomic E-state index is 0.00643. The summed E-state index contributed by atoms with van der Waals surface area (Å²) in [5, 5.41) is 15.2. The molecule has 13 nitrogen and oxygen atoms in total. The van der Waals surface area contributed by atoms with Crippen molar-refractivity contribution in [2.75, 3.05) is 19.8 Å². The molecule has 3 heterocycles. The number of carbonyl (C=O) groups excluding carboxylic acids is 4. The fourth-order valence-corrected chi connectivity index (χ4v) is 5.96. The zero-order valence-corrected chi connectivity index (χ0v) is 26.0. The van der Waals surface area contributed by atoms with E-state index in [1.165, 1.54) is 15.9 Å². The molecule has 3 N–H and O–H groups in total. The van der Waals surface area contributed by atoms with Crippen LogP contribution >= 0.6 is 0 Å². The van der Waals surface area contributed by atoms with E-state index in [1.54, 1.807) is 45.1 Å². The molecule has 1 saturated carbocycles. The molecular formula is C32H39FN4O9. The summed E-state index contributed by atoms with van der Waals surface area (Å²) < 4.78 is 31.1. The van der Waals surface area contributed by atoms with Gasteiger partial charge in [0.05, 0.1) is 19.7 Å². The van der Waals surface area contributed by atoms with E-state index in [-0.39, 0.29) is 45.5 Å². The number of alkyl carbamates (subject to hydrolysis) is 1. The van der Waals surface area contributed by atoms with Crippen molar-refractivity contribution in [3.05, 3.63) is 53.0 Å². The average Bonchev–Trinajstić information content (AvgIpc) is 3.28. The van der Waals surface area contributed by atoms with E-state index in [4.69, 9.17) is 14.2 Å². The molecule has 0 radical (unpaired) electrons. The number of halogens is 1. The molecule has 1 aromatic rings. The summed E-state index contributed by atoms with van der Waals surface area (Å²) in [6.45, 7) is 5.37. The maximum atomic E-state index is 14.3. The van der Waals surface area contributed by atoms with E-state index in [2.05, 4.69) is 16.4 Å². The van der Waals surface area contributed by atoms with Crippen molar-refractivity contribution in [3.63, 3.8) is 0 Å². The smallest absolute Gasteiger partial charge is 0.410 e. The van der Waals surface area contributed by atoms with Crippen molar-refractivity contribution >= 4 is 30.0 Å². The number of carboxylic acids is 1. The fourth-order valence-electron chi connectivity index (χ4n) is 5.96. The normalized spacial score (nSPS) is 28.1. The van der Waals surface area contributed by atoms with Gasteiger partial charge < -0.3 is 34.9 Å². The molecule has 4 aliphatic rings. The van der Waals surface area contributed by atoms with Crippen LogP contribution in [0.25, 0.3) is 0 Å². The molecule has 5 rings (SSSR count). The highest BCUT2D eigenvalue weighted by atomic mass is 19.1. The third kappa shape index (κ3) is 7.34. The Hall–Kier alpha value is -4.42. The molecule has 5 atom stereocenters. The third-order valence-corrected chi connectivity index (χ3v) is 8.40. The maximum Gasteiger partial charge on any atom is 0.410 e. The Kier molecular flexibility index (Phi) is 9.41. The van der Waals surface area contributed by atoms with Crippen LogP contribution in [0.1, 0.15) is 57.6 Å². The molecule has 0 bridgehead atoms. The van der Waals surface area contributed by atoms with Crippen molar-refractivity contribution in [2.45, 2.75) is 88.9 Å². The highest BCUT2D eigenvalue weighted by Gasteiger charge is 2.61. The number of benzene rings is 1. The lowest BCUT2D eigenvalue weighted by atomic mass is 10.1. The second-order valence-electron chi connectivity index (χ2n) is 13.0. The molecule has 2 fully saturated rings. The van der Waals surface area contributed by atoms with E-state index >= 15 is 0 Å². The number of ether oxygens (including phenoxy) is 3. The Morgan fingerprint density at radius 3 is 2.70 bits per heavy atom. The summed E-state index contributed by atoms with van der Waals surface area (Å²) in [5.41, 5.74) is 1.59. The minimum atomic E-state index is -1.57. The van der Waals surface area contributed by atoms with Gasteiger partial charge in [0.25, 0.3) is 0 Å². The van der Waals surface area contributed by atoms with Gasteiger partial charge in [0, 0.05) is 37.5 Å². The Bertz CT molecular complexity index is 1470. The number of carboxylic acid groups (broad SMARTS) is 1. The van der Waals surface area contributed by atoms with Gasteiger partial charge in [-0.25, -0.2) is 18.8 Å². The lowest BCUT2D eigenvalue weighted by molar-refractivity contribution is -0.145. The number of rotatable bonds is 3. The Morgan fingerprint density at radius 1 is 1.20 bits per heavy atom. The van der Waals surface area contributed by atoms with Gasteiger partial charge in [-0.3, -0.25) is 14.5 Å². The minimum Gasteiger partial charge on any atom is -0.479 e. The van der Waals surface area contributed by atoms with Gasteiger partial charge in [0.2, 0.25) is 11.8 Å². The van der Waals surface area contributed by atoms with Crippen LogP contribution in [0.3, 0.4) is 0 Å². The maximum absolute atomic E-state index is 14.3. The first kappa shape index (κ1) is 33.0. The molecule has 248 valence electrons. The number of hydrogen-bond acceptors (Lipinski definition) is 8. The molecule has 14 heteroatoms. The summed E-state index contributed by atoms with van der Waals surface area (Å²) in [4.78, 5) is 68.5. The number of fused-ring (bicyclic) bond motifs is 3. The van der Waals surface area contributed by atoms with Crippen LogP contribution in [0.5, 0.6) is 0 Å². The largest absolute Gasteiger partial charge is 0.479 e. The van der Waals surface area contributed by atoms with E-state index in [9.17, 15) is 33.5 Å². The second-order valence-corrected chi connectivity index (χ2v) is 13.0. The van der Waals surface area contributed by atoms with E-state index < -0.39 is 71.0 Å². The number of nitrogens with one attached hydrogen (secondary N) is 2. The summed E-state index contributed by atoms with van der Waals surface area (Å²) in [7, 11) is 0. The molecule has 3 aliphatic heterocycles. The van der Waals surface area contributed by atoms with E-state index in [0.717, 1.165) is 0 Å². The van der Waals surface area contributed by atoms with Gasteiger partial charge in [0.15, 0.2) is 0 Å². The number of hydrogen-bond donors (Lipinski definition) is 3. The first-order chi connectivity index (χ1) is 21.8. The summed E-state index contributed by atoms with van der Waals surface area (Å²) in [6.07, 6.45) is 1.30. The third-order valence-electron chi connectivity index (χ3n) is 8.40. The van der Waals surface area contributed by atoms with Crippen LogP contribution in [-0.2, 0) is 41.7 Å². The molecule has 4 amide bonds. The van der Waals surface area contributed by atoms with E-state index in [0.29, 0.717) is 24.2 Å². The number of carbonyl (C=O) groups is 5. The van der Waals surface area contributed by atoms with Crippen molar-refractivity contribution in [2.24, 2.45) is 5.92 Å². The lowest BCUT2D eigenvalue weighted by Gasteiger charge is -2.30. The number of nitrogens with zero attached hydrogens (tertiary/aromatic N) is 2. The van der Waals surface area contributed by atoms with Crippen LogP contribution in [0.4, 0.5) is 14.0 Å². The van der Waals surface area contributed by atoms with Gasteiger partial charge in [0.1, 0.15) is 35.1 Å². The zero-order valence-electron chi connectivity index (χ0n) is 26.0. The molecule has 0 aromatic heterocycles. The predicted molar refractivity (Wildman–Crippen MR) is 159 cm³/mol. The van der Waals surface area contributed by atoms with Gasteiger partial charge in [-0.15, -0.1) is 5.73 Å². The molecule has 1 aromatic carbocycles. The Labute approximate surface area is 265 Å². The first-order valence-electron chi connectivity index (χ1n) is 15.3. The molecule has 1 aliphatic carbocycles. The fraction of sp³-hybridized carbons (Fsp3) is 0.562. The van der Waals surface area contributed by atoms with Crippen LogP contribution < -0.4 is 10.6 Å². The summed E-state index contributed by atoms with van der Waals surface area (Å²) in [5.74, 6) is -3.55. The Morgan fingerprint density at radius 2 is 1.98 bits per heavy atom. The average molecular weight is 643 g/mol. The quantitative estimate of drug-likeness (QED) is 0.421. The van der Waals surface area contributed by atoms with Crippen molar-refractivity contribution < 1.29 is 47.7 Å². The topological polar surface area (TPSA) is 164 Å². The van der Waals surface area contributed by atoms with Crippen molar-refractivity contribution in [3.8, 4) is 0 Å². The highest BCUT2D eigenvalue weighted by molar-refractivity contribution is 5.96. The zero-order chi connectivity index (χ0) is 33.2. The Balaban J connectivity index is 1.38. The summed E-state index contributed by atoms with van der Waals surface area (Å²) in [6, 6.07) is 2.21. The van der Waals surface area contributed by atoms with Crippen LogP contribution in [-0.4, -0.2) is 94.0 Å². The van der Waals surface area contributed by atoms with Crippen molar-refractivity contribution in [1.29, 1.82) is 0 Å². The monoisotopic (exact) mass is 642 g/mol. The van der Waals surface area contributed by atoms with Crippen LogP contribution in [0.15, 0.2) is 36.1 Å². The van der Waals surface area contributed by atoms with Gasteiger partial charge in [-0.1, -0.05) is 12.1 Å². The van der Waals surface area contributed by atoms with Crippen LogP contribution in [0, 0.1) is 11.7 Å². The SMILES string of the molecule is CC(C)(C)OC(=O)N[C@H]1CCOCCC=C=C[C@@H]2C[C@@]2(C(=O)O)NC(=O)[C@@H]2C[C@@H](OC(=O)N3Cc4cccc(F)c4C3)CN2C1=O. The highest BCUT2D eigenvalue weighted by Crippen LogP contribution is 2.45. The van der Waals surface area contributed by atoms with Crippen molar-refractivity contribution in [1.82, 2.24) is 20.4 Å². The standard InChI is InChI=1S/C32H39FN4O9/c1-31(2,3)46-29(42)34-24-11-13-44-12-6-4-5-9-20-15-32(20,28(40)41)35-26(38)25-14-21(17-37(25)27(24)39)45-30(43)36-16-19-8-7-10-23(33)22(19)18-36/h4,7-10,20-21,24-25H,6,11-18H2,1-3H3,(H,34,42)(H,35,38)(H,40,41)/t5?,20-,21-,24+,25+,32-/m1/s1. The number of aliphatic carboxylic acids is 1. The summed E-state index contributed by atoms with van der Waals surface area (Å²) >= 11 is 0. The van der Waals surface area contributed by atoms with Crippen LogP contribution in [0.2, 0.25) is 0 Å². The lowest BCUT2D eigenvalue weighted by Crippen LogP contribution is -2.56. The predicted octanol–water partition coefficient (Wildman–Crippen LogP) is 2.62. The first-order valence-corrected chi connectivity index (χ1v) is 15.3.